The number of hydrogen-bond acceptors (Lipinski definition) is 4. The van der Waals surface area contributed by atoms with Gasteiger partial charge in [0.15, 0.2) is 0 Å². The third-order valence-corrected chi connectivity index (χ3v) is 5.81. The predicted octanol–water partition coefficient (Wildman–Crippen LogP) is 4.92. The summed E-state index contributed by atoms with van der Waals surface area (Å²) in [5.74, 6) is 0. The normalized spacial score (nSPS) is 23.1. The lowest BCUT2D eigenvalue weighted by molar-refractivity contribution is -0.0108. The summed E-state index contributed by atoms with van der Waals surface area (Å²) in [5, 5.41) is 11.8. The molecule has 1 saturated heterocycles. The van der Waals surface area contributed by atoms with E-state index in [0.717, 1.165) is 22.6 Å². The molecule has 25 heavy (non-hydrogen) atoms. The van der Waals surface area contributed by atoms with Gasteiger partial charge in [-0.05, 0) is 41.8 Å². The second-order valence-corrected chi connectivity index (χ2v) is 8.30. The second-order valence-electron chi connectivity index (χ2n) is 6.00. The van der Waals surface area contributed by atoms with Gasteiger partial charge in [0.25, 0.3) is 0 Å². The van der Waals surface area contributed by atoms with Crippen molar-refractivity contribution < 1.29 is 14.6 Å². The highest BCUT2D eigenvalue weighted by molar-refractivity contribution is 8.00. The van der Waals surface area contributed by atoms with Gasteiger partial charge in [0.05, 0.1) is 25.9 Å². The lowest BCUT2D eigenvalue weighted by Gasteiger charge is -2.14. The SMILES string of the molecule is OC1S[C@H](COCc2ccc(Cl)cc2)C[C@@H]1OCc1ccc(Cl)cc1. The van der Waals surface area contributed by atoms with Crippen molar-refractivity contribution in [2.75, 3.05) is 6.61 Å². The number of aliphatic hydroxyl groups excluding tert-OH is 1. The van der Waals surface area contributed by atoms with Crippen LogP contribution in [0.1, 0.15) is 17.5 Å². The molecule has 1 heterocycles. The van der Waals surface area contributed by atoms with Gasteiger partial charge in [-0.3, -0.25) is 0 Å². The Morgan fingerprint density at radius 1 is 0.920 bits per heavy atom. The molecule has 0 aliphatic carbocycles. The van der Waals surface area contributed by atoms with Gasteiger partial charge in [0.2, 0.25) is 0 Å². The second kappa shape index (κ2) is 9.26. The molecular weight excluding hydrogens is 379 g/mol. The summed E-state index contributed by atoms with van der Waals surface area (Å²) in [6.45, 7) is 1.60. The van der Waals surface area contributed by atoms with Crippen LogP contribution in [-0.4, -0.2) is 28.5 Å². The Balaban J connectivity index is 1.40. The van der Waals surface area contributed by atoms with E-state index in [9.17, 15) is 5.11 Å². The minimum absolute atomic E-state index is 0.176. The Morgan fingerprint density at radius 3 is 2.08 bits per heavy atom. The molecule has 6 heteroatoms. The number of thioether (sulfide) groups is 1. The van der Waals surface area contributed by atoms with Gasteiger partial charge in [-0.25, -0.2) is 0 Å². The first-order valence-corrected chi connectivity index (χ1v) is 9.82. The summed E-state index contributed by atoms with van der Waals surface area (Å²) < 4.78 is 11.6. The molecule has 3 rings (SSSR count). The number of benzene rings is 2. The molecule has 0 radical (unpaired) electrons. The van der Waals surface area contributed by atoms with Crippen LogP contribution in [0.3, 0.4) is 0 Å². The highest BCUT2D eigenvalue weighted by Crippen LogP contribution is 2.35. The van der Waals surface area contributed by atoms with Crippen LogP contribution in [-0.2, 0) is 22.7 Å². The number of aliphatic hydroxyl groups is 1. The van der Waals surface area contributed by atoms with E-state index in [2.05, 4.69) is 0 Å². The van der Waals surface area contributed by atoms with Gasteiger partial charge in [0, 0.05) is 15.3 Å². The monoisotopic (exact) mass is 398 g/mol. The van der Waals surface area contributed by atoms with E-state index in [0.29, 0.717) is 24.8 Å². The number of rotatable bonds is 7. The zero-order valence-corrected chi connectivity index (χ0v) is 15.9. The molecule has 0 amide bonds. The lowest BCUT2D eigenvalue weighted by atomic mass is 10.2. The van der Waals surface area contributed by atoms with Crippen molar-refractivity contribution >= 4 is 35.0 Å². The third-order valence-electron chi connectivity index (χ3n) is 4.01. The molecule has 1 aliphatic rings. The molecule has 2 aromatic carbocycles. The topological polar surface area (TPSA) is 38.7 Å². The highest BCUT2D eigenvalue weighted by atomic mass is 35.5. The smallest absolute Gasteiger partial charge is 0.126 e. The standard InChI is InChI=1S/C19H20Cl2O3S/c20-15-5-1-13(2-6-15)10-23-12-17-9-18(19(22)25-17)24-11-14-3-7-16(21)8-4-14/h1-8,17-19,22H,9-12H2/t17-,18-,19?/m0/s1. The largest absolute Gasteiger partial charge is 0.380 e. The Morgan fingerprint density at radius 2 is 1.48 bits per heavy atom. The first-order chi connectivity index (χ1) is 12.1. The fraction of sp³-hybridized carbons (Fsp3) is 0.368. The Hall–Kier alpha value is -0.750. The maximum Gasteiger partial charge on any atom is 0.126 e. The van der Waals surface area contributed by atoms with E-state index in [4.69, 9.17) is 32.7 Å². The van der Waals surface area contributed by atoms with Crippen LogP contribution in [0.2, 0.25) is 10.0 Å². The molecule has 0 saturated carbocycles. The van der Waals surface area contributed by atoms with E-state index in [-0.39, 0.29) is 11.4 Å². The van der Waals surface area contributed by atoms with E-state index in [1.807, 2.05) is 48.5 Å². The minimum Gasteiger partial charge on any atom is -0.380 e. The van der Waals surface area contributed by atoms with E-state index in [1.165, 1.54) is 11.8 Å². The van der Waals surface area contributed by atoms with Crippen molar-refractivity contribution in [3.8, 4) is 0 Å². The van der Waals surface area contributed by atoms with E-state index in [1.54, 1.807) is 0 Å². The maximum atomic E-state index is 10.2. The van der Waals surface area contributed by atoms with Gasteiger partial charge in [-0.1, -0.05) is 47.5 Å². The maximum absolute atomic E-state index is 10.2. The average molecular weight is 399 g/mol. The zero-order valence-electron chi connectivity index (χ0n) is 13.6. The summed E-state index contributed by atoms with van der Waals surface area (Å²) in [4.78, 5) is 0. The van der Waals surface area contributed by atoms with Crippen LogP contribution in [0.25, 0.3) is 0 Å². The minimum atomic E-state index is -0.517. The van der Waals surface area contributed by atoms with E-state index >= 15 is 0 Å². The highest BCUT2D eigenvalue weighted by Gasteiger charge is 2.34. The third kappa shape index (κ3) is 5.88. The lowest BCUT2D eigenvalue weighted by Crippen LogP contribution is -2.21. The molecule has 134 valence electrons. The van der Waals surface area contributed by atoms with Gasteiger partial charge in [0.1, 0.15) is 5.44 Å². The fourth-order valence-corrected chi connectivity index (χ4v) is 4.13. The first-order valence-electron chi connectivity index (χ1n) is 8.12. The summed E-state index contributed by atoms with van der Waals surface area (Å²) in [7, 11) is 0. The summed E-state index contributed by atoms with van der Waals surface area (Å²) in [6, 6.07) is 15.2. The number of ether oxygens (including phenoxy) is 2. The first kappa shape index (κ1) is 19.0. The van der Waals surface area contributed by atoms with Gasteiger partial charge >= 0.3 is 0 Å². The van der Waals surface area contributed by atoms with Crippen LogP contribution in [0, 0.1) is 0 Å². The number of hydrogen-bond donors (Lipinski definition) is 1. The van der Waals surface area contributed by atoms with Crippen LogP contribution in [0.15, 0.2) is 48.5 Å². The molecular formula is C19H20Cl2O3S. The molecule has 3 atom stereocenters. The molecule has 3 nitrogen and oxygen atoms in total. The molecule has 0 aromatic heterocycles. The molecule has 1 aliphatic heterocycles. The predicted molar refractivity (Wildman–Crippen MR) is 103 cm³/mol. The Kier molecular flexibility index (Phi) is 7.05. The molecule has 1 fully saturated rings. The summed E-state index contributed by atoms with van der Waals surface area (Å²) in [6.07, 6.45) is 0.602. The van der Waals surface area contributed by atoms with Crippen molar-refractivity contribution in [3.05, 3.63) is 69.7 Å². The van der Waals surface area contributed by atoms with E-state index < -0.39 is 5.44 Å². The molecule has 0 bridgehead atoms. The van der Waals surface area contributed by atoms with Crippen molar-refractivity contribution in [2.24, 2.45) is 0 Å². The molecule has 0 spiro atoms. The fourth-order valence-electron chi connectivity index (χ4n) is 2.65. The van der Waals surface area contributed by atoms with Crippen LogP contribution >= 0.6 is 35.0 Å². The summed E-state index contributed by atoms with van der Waals surface area (Å²) in [5.41, 5.74) is 1.61. The van der Waals surface area contributed by atoms with Crippen molar-refractivity contribution in [3.63, 3.8) is 0 Å². The Labute approximate surface area is 162 Å². The number of halogens is 2. The van der Waals surface area contributed by atoms with Gasteiger partial charge in [-0.15, -0.1) is 11.8 Å². The van der Waals surface area contributed by atoms with Crippen molar-refractivity contribution in [2.45, 2.75) is 36.4 Å². The molecule has 2 aromatic rings. The average Bonchev–Trinajstić information content (AvgIpc) is 2.96. The molecule has 1 N–H and O–H groups in total. The van der Waals surface area contributed by atoms with Crippen LogP contribution in [0.4, 0.5) is 0 Å². The van der Waals surface area contributed by atoms with Crippen LogP contribution < -0.4 is 0 Å². The zero-order chi connectivity index (χ0) is 17.6. The van der Waals surface area contributed by atoms with Crippen molar-refractivity contribution in [1.29, 1.82) is 0 Å². The van der Waals surface area contributed by atoms with Gasteiger partial charge < -0.3 is 14.6 Å². The quantitative estimate of drug-likeness (QED) is 0.718. The molecule has 1 unspecified atom stereocenters. The Bertz CT molecular complexity index is 663. The van der Waals surface area contributed by atoms with Crippen molar-refractivity contribution in [1.82, 2.24) is 0 Å². The summed E-state index contributed by atoms with van der Waals surface area (Å²) >= 11 is 13.3. The van der Waals surface area contributed by atoms with Crippen LogP contribution in [0.5, 0.6) is 0 Å². The van der Waals surface area contributed by atoms with Gasteiger partial charge in [-0.2, -0.15) is 0 Å².